The molecule has 78 valence electrons. The van der Waals surface area contributed by atoms with Crippen LogP contribution in [0.1, 0.15) is 11.1 Å². The second-order valence-electron chi connectivity index (χ2n) is 2.78. The van der Waals surface area contributed by atoms with Crippen LogP contribution < -0.4 is 5.73 Å². The summed E-state index contributed by atoms with van der Waals surface area (Å²) in [5.74, 6) is 0. The number of hydrogen-bond acceptors (Lipinski definition) is 1. The van der Waals surface area contributed by atoms with Gasteiger partial charge in [-0.05, 0) is 34.5 Å². The van der Waals surface area contributed by atoms with Gasteiger partial charge in [-0.25, -0.2) is 0 Å². The summed E-state index contributed by atoms with van der Waals surface area (Å²) >= 11 is 8.44. The van der Waals surface area contributed by atoms with Crippen molar-refractivity contribution >= 4 is 33.2 Å². The Morgan fingerprint density at radius 2 is 1.93 bits per heavy atom. The van der Waals surface area contributed by atoms with Gasteiger partial charge in [0.05, 0.1) is 15.1 Å². The van der Waals surface area contributed by atoms with Crippen LogP contribution in [0.25, 0.3) is 0 Å². The number of anilines is 1. The SMILES string of the molecule is Cc1cc(N)c(Br)c(Cl)c1C(F)(F)F. The summed E-state index contributed by atoms with van der Waals surface area (Å²) < 4.78 is 37.5. The molecule has 1 nitrogen and oxygen atoms in total. The third kappa shape index (κ3) is 1.98. The lowest BCUT2D eigenvalue weighted by Gasteiger charge is -2.14. The molecule has 0 bridgehead atoms. The smallest absolute Gasteiger partial charge is 0.398 e. The predicted octanol–water partition coefficient (Wildman–Crippen LogP) is 4.01. The largest absolute Gasteiger partial charge is 0.418 e. The molecule has 6 heteroatoms. The molecular weight excluding hydrogens is 282 g/mol. The monoisotopic (exact) mass is 287 g/mol. The lowest BCUT2D eigenvalue weighted by Crippen LogP contribution is -2.09. The minimum Gasteiger partial charge on any atom is -0.398 e. The van der Waals surface area contributed by atoms with Gasteiger partial charge in [0, 0.05) is 5.69 Å². The number of rotatable bonds is 0. The first-order valence-corrected chi connectivity index (χ1v) is 4.73. The van der Waals surface area contributed by atoms with Gasteiger partial charge in [-0.15, -0.1) is 0 Å². The number of alkyl halides is 3. The first-order valence-electron chi connectivity index (χ1n) is 3.56. The van der Waals surface area contributed by atoms with Crippen LogP contribution in [-0.4, -0.2) is 0 Å². The molecule has 0 heterocycles. The molecule has 0 amide bonds. The zero-order valence-electron chi connectivity index (χ0n) is 7.04. The Morgan fingerprint density at radius 1 is 1.43 bits per heavy atom. The number of benzene rings is 1. The molecule has 1 rings (SSSR count). The third-order valence-corrected chi connectivity index (χ3v) is 3.18. The maximum Gasteiger partial charge on any atom is 0.418 e. The summed E-state index contributed by atoms with van der Waals surface area (Å²) in [6.45, 7) is 1.32. The van der Waals surface area contributed by atoms with Gasteiger partial charge in [-0.1, -0.05) is 11.6 Å². The van der Waals surface area contributed by atoms with Crippen LogP contribution in [0.3, 0.4) is 0 Å². The van der Waals surface area contributed by atoms with Crippen LogP contribution >= 0.6 is 27.5 Å². The van der Waals surface area contributed by atoms with Crippen LogP contribution in [-0.2, 0) is 6.18 Å². The summed E-state index contributed by atoms with van der Waals surface area (Å²) in [5, 5.41) is -0.394. The van der Waals surface area contributed by atoms with Crippen LogP contribution in [0, 0.1) is 6.92 Å². The van der Waals surface area contributed by atoms with E-state index in [0.717, 1.165) is 0 Å². The van der Waals surface area contributed by atoms with Crippen LogP contribution in [0.15, 0.2) is 10.5 Å². The average molecular weight is 288 g/mol. The van der Waals surface area contributed by atoms with E-state index in [1.807, 2.05) is 0 Å². The van der Waals surface area contributed by atoms with E-state index >= 15 is 0 Å². The third-order valence-electron chi connectivity index (χ3n) is 1.72. The second kappa shape index (κ2) is 3.62. The summed E-state index contributed by atoms with van der Waals surface area (Å²) in [6.07, 6.45) is -4.46. The van der Waals surface area contributed by atoms with E-state index in [1.165, 1.54) is 13.0 Å². The number of hydrogen-bond donors (Lipinski definition) is 1. The number of halogens is 5. The van der Waals surface area contributed by atoms with Gasteiger partial charge < -0.3 is 5.73 Å². The number of nitrogen functional groups attached to an aromatic ring is 1. The van der Waals surface area contributed by atoms with Crippen molar-refractivity contribution in [3.63, 3.8) is 0 Å². The minimum atomic E-state index is -4.46. The number of aryl methyl sites for hydroxylation is 1. The maximum atomic E-state index is 12.5. The first-order chi connectivity index (χ1) is 6.25. The predicted molar refractivity (Wildman–Crippen MR) is 53.3 cm³/mol. The van der Waals surface area contributed by atoms with E-state index in [9.17, 15) is 13.2 Å². The Balaban J connectivity index is 3.53. The van der Waals surface area contributed by atoms with Gasteiger partial charge in [-0.2, -0.15) is 13.2 Å². The summed E-state index contributed by atoms with van der Waals surface area (Å²) in [4.78, 5) is 0. The molecule has 0 unspecified atom stereocenters. The number of nitrogens with two attached hydrogens (primary N) is 1. The van der Waals surface area contributed by atoms with Gasteiger partial charge >= 0.3 is 6.18 Å². The van der Waals surface area contributed by atoms with Crippen molar-refractivity contribution < 1.29 is 13.2 Å². The van der Waals surface area contributed by atoms with Crippen molar-refractivity contribution in [2.45, 2.75) is 13.1 Å². The molecule has 0 saturated heterocycles. The topological polar surface area (TPSA) is 26.0 Å². The van der Waals surface area contributed by atoms with E-state index < -0.39 is 16.8 Å². The van der Waals surface area contributed by atoms with Gasteiger partial charge in [-0.3, -0.25) is 0 Å². The van der Waals surface area contributed by atoms with Crippen molar-refractivity contribution in [2.75, 3.05) is 5.73 Å². The Hall–Kier alpha value is -0.420. The molecule has 0 fully saturated rings. The molecule has 1 aromatic rings. The second-order valence-corrected chi connectivity index (χ2v) is 3.95. The fraction of sp³-hybridized carbons (Fsp3) is 0.250. The highest BCUT2D eigenvalue weighted by molar-refractivity contribution is 9.10. The Kier molecular flexibility index (Phi) is 3.02. The minimum absolute atomic E-state index is 0.0169. The van der Waals surface area contributed by atoms with Crippen molar-refractivity contribution in [3.8, 4) is 0 Å². The van der Waals surface area contributed by atoms with E-state index in [0.29, 0.717) is 0 Å². The lowest BCUT2D eigenvalue weighted by atomic mass is 10.1. The van der Waals surface area contributed by atoms with Gasteiger partial charge in [0.1, 0.15) is 0 Å². The molecule has 0 spiro atoms. The van der Waals surface area contributed by atoms with E-state index in [4.69, 9.17) is 17.3 Å². The molecule has 0 atom stereocenters. The lowest BCUT2D eigenvalue weighted by molar-refractivity contribution is -0.137. The van der Waals surface area contributed by atoms with E-state index in [1.54, 1.807) is 0 Å². The average Bonchev–Trinajstić information content (AvgIpc) is 1.97. The van der Waals surface area contributed by atoms with Crippen molar-refractivity contribution in [1.82, 2.24) is 0 Å². The first kappa shape index (κ1) is 11.7. The molecule has 1 aromatic carbocycles. The Labute approximate surface area is 92.2 Å². The Morgan fingerprint density at radius 3 is 2.36 bits per heavy atom. The van der Waals surface area contributed by atoms with Crippen LogP contribution in [0.4, 0.5) is 18.9 Å². The maximum absolute atomic E-state index is 12.5. The highest BCUT2D eigenvalue weighted by Gasteiger charge is 2.36. The summed E-state index contributed by atoms with van der Waals surface area (Å²) in [5.41, 5.74) is 4.80. The molecule has 0 saturated carbocycles. The molecule has 0 radical (unpaired) electrons. The fourth-order valence-electron chi connectivity index (χ4n) is 1.13. The molecular formula is C8H6BrClF3N. The van der Waals surface area contributed by atoms with Crippen molar-refractivity contribution in [2.24, 2.45) is 0 Å². The highest BCUT2D eigenvalue weighted by Crippen LogP contribution is 2.42. The summed E-state index contributed by atoms with van der Waals surface area (Å²) in [7, 11) is 0. The van der Waals surface area contributed by atoms with Crippen LogP contribution in [0.5, 0.6) is 0 Å². The standard InChI is InChI=1S/C8H6BrClF3N/c1-3-2-4(14)6(9)7(10)5(3)8(11,12)13/h2H,14H2,1H3. The molecule has 2 N–H and O–H groups in total. The fourth-order valence-corrected chi connectivity index (χ4v) is 1.80. The zero-order chi connectivity index (χ0) is 11.1. The molecule has 14 heavy (non-hydrogen) atoms. The quantitative estimate of drug-likeness (QED) is 0.717. The van der Waals surface area contributed by atoms with E-state index in [2.05, 4.69) is 15.9 Å². The molecule has 0 aromatic heterocycles. The van der Waals surface area contributed by atoms with Crippen molar-refractivity contribution in [3.05, 3.63) is 26.7 Å². The zero-order valence-corrected chi connectivity index (χ0v) is 9.39. The highest BCUT2D eigenvalue weighted by atomic mass is 79.9. The van der Waals surface area contributed by atoms with Crippen molar-refractivity contribution in [1.29, 1.82) is 0 Å². The Bertz CT molecular complexity index is 376. The summed E-state index contributed by atoms with van der Waals surface area (Å²) in [6, 6.07) is 1.23. The normalized spacial score (nSPS) is 11.9. The van der Waals surface area contributed by atoms with E-state index in [-0.39, 0.29) is 15.7 Å². The molecule has 0 aliphatic heterocycles. The molecule has 0 aliphatic carbocycles. The van der Waals surface area contributed by atoms with Crippen LogP contribution in [0.2, 0.25) is 5.02 Å². The van der Waals surface area contributed by atoms with Gasteiger partial charge in [0.15, 0.2) is 0 Å². The van der Waals surface area contributed by atoms with Gasteiger partial charge in [0.25, 0.3) is 0 Å². The molecule has 0 aliphatic rings. The van der Waals surface area contributed by atoms with Gasteiger partial charge in [0.2, 0.25) is 0 Å².